The monoisotopic (exact) mass is 248 g/mol. The number of ether oxygens (including phenoxy) is 1. The van der Waals surface area contributed by atoms with E-state index in [1.54, 1.807) is 0 Å². The molecule has 3 heterocycles. The SMILES string of the molecule is NCC1CCCN1c1nccc(C2CCOC2)n1. The van der Waals surface area contributed by atoms with Crippen molar-refractivity contribution in [1.82, 2.24) is 9.97 Å². The van der Waals surface area contributed by atoms with Crippen LogP contribution in [0.25, 0.3) is 0 Å². The van der Waals surface area contributed by atoms with Gasteiger partial charge in [0.1, 0.15) is 0 Å². The van der Waals surface area contributed by atoms with Crippen molar-refractivity contribution in [3.05, 3.63) is 18.0 Å². The van der Waals surface area contributed by atoms with Gasteiger partial charge in [0.2, 0.25) is 5.95 Å². The number of rotatable bonds is 3. The van der Waals surface area contributed by atoms with Crippen molar-refractivity contribution in [2.24, 2.45) is 5.73 Å². The van der Waals surface area contributed by atoms with Gasteiger partial charge >= 0.3 is 0 Å². The maximum atomic E-state index is 5.80. The van der Waals surface area contributed by atoms with Crippen molar-refractivity contribution in [2.45, 2.75) is 31.2 Å². The molecule has 0 radical (unpaired) electrons. The molecule has 0 aliphatic carbocycles. The lowest BCUT2D eigenvalue weighted by atomic mass is 10.1. The molecule has 3 rings (SSSR count). The lowest BCUT2D eigenvalue weighted by molar-refractivity contribution is 0.193. The number of hydrogen-bond donors (Lipinski definition) is 1. The van der Waals surface area contributed by atoms with Crippen LogP contribution >= 0.6 is 0 Å². The van der Waals surface area contributed by atoms with Gasteiger partial charge in [0, 0.05) is 37.9 Å². The molecule has 1 aromatic rings. The third-order valence-electron chi connectivity index (χ3n) is 3.92. The Balaban J connectivity index is 1.81. The molecule has 5 nitrogen and oxygen atoms in total. The zero-order valence-electron chi connectivity index (χ0n) is 10.6. The molecule has 2 atom stereocenters. The van der Waals surface area contributed by atoms with Crippen molar-refractivity contribution < 1.29 is 4.74 Å². The summed E-state index contributed by atoms with van der Waals surface area (Å²) in [5, 5.41) is 0. The van der Waals surface area contributed by atoms with Crippen LogP contribution in [0.5, 0.6) is 0 Å². The molecule has 2 fully saturated rings. The highest BCUT2D eigenvalue weighted by atomic mass is 16.5. The Kier molecular flexibility index (Phi) is 3.43. The van der Waals surface area contributed by atoms with Crippen LogP contribution in [0.3, 0.4) is 0 Å². The van der Waals surface area contributed by atoms with Gasteiger partial charge in [-0.05, 0) is 25.3 Å². The molecule has 1 aromatic heterocycles. The Morgan fingerprint density at radius 3 is 3.17 bits per heavy atom. The first kappa shape index (κ1) is 11.9. The van der Waals surface area contributed by atoms with Gasteiger partial charge in [-0.15, -0.1) is 0 Å². The van der Waals surface area contributed by atoms with E-state index in [0.29, 0.717) is 18.5 Å². The van der Waals surface area contributed by atoms with E-state index < -0.39 is 0 Å². The summed E-state index contributed by atoms with van der Waals surface area (Å²) in [6, 6.07) is 2.41. The van der Waals surface area contributed by atoms with Gasteiger partial charge < -0.3 is 15.4 Å². The second kappa shape index (κ2) is 5.20. The van der Waals surface area contributed by atoms with Gasteiger partial charge in [0.25, 0.3) is 0 Å². The topological polar surface area (TPSA) is 64.3 Å². The Labute approximate surface area is 107 Å². The van der Waals surface area contributed by atoms with Gasteiger partial charge in [0.05, 0.1) is 12.3 Å². The number of anilines is 1. The largest absolute Gasteiger partial charge is 0.381 e. The third-order valence-corrected chi connectivity index (χ3v) is 3.92. The molecule has 98 valence electrons. The van der Waals surface area contributed by atoms with Gasteiger partial charge in [-0.25, -0.2) is 9.97 Å². The predicted octanol–water partition coefficient (Wildman–Crippen LogP) is 0.908. The van der Waals surface area contributed by atoms with Crippen LogP contribution in [0.4, 0.5) is 5.95 Å². The van der Waals surface area contributed by atoms with E-state index in [1.807, 2.05) is 12.3 Å². The summed E-state index contributed by atoms with van der Waals surface area (Å²) in [6.07, 6.45) is 5.26. The molecule has 0 aromatic carbocycles. The highest BCUT2D eigenvalue weighted by Crippen LogP contribution is 2.26. The van der Waals surface area contributed by atoms with E-state index in [2.05, 4.69) is 9.88 Å². The molecule has 2 aliphatic rings. The van der Waals surface area contributed by atoms with E-state index in [9.17, 15) is 0 Å². The van der Waals surface area contributed by atoms with Gasteiger partial charge in [0.15, 0.2) is 0 Å². The Morgan fingerprint density at radius 1 is 1.44 bits per heavy atom. The molecule has 2 unspecified atom stereocenters. The van der Waals surface area contributed by atoms with Crippen molar-refractivity contribution in [3.8, 4) is 0 Å². The molecule has 5 heteroatoms. The second-order valence-corrected chi connectivity index (χ2v) is 5.07. The first-order valence-electron chi connectivity index (χ1n) is 6.76. The standard InChI is InChI=1S/C13H20N4O/c14-8-11-2-1-6-17(11)13-15-5-3-12(16-13)10-4-7-18-9-10/h3,5,10-11H,1-2,4,6-9,14H2. The van der Waals surface area contributed by atoms with Gasteiger partial charge in [-0.1, -0.05) is 0 Å². The average Bonchev–Trinajstić information content (AvgIpc) is 3.10. The normalized spacial score (nSPS) is 27.9. The van der Waals surface area contributed by atoms with E-state index in [4.69, 9.17) is 15.5 Å². The van der Waals surface area contributed by atoms with Crippen molar-refractivity contribution in [1.29, 1.82) is 0 Å². The molecule has 2 N–H and O–H groups in total. The molecule has 18 heavy (non-hydrogen) atoms. The van der Waals surface area contributed by atoms with E-state index in [1.165, 1.54) is 6.42 Å². The maximum Gasteiger partial charge on any atom is 0.225 e. The fourth-order valence-electron chi connectivity index (χ4n) is 2.84. The lowest BCUT2D eigenvalue weighted by Crippen LogP contribution is -2.36. The Morgan fingerprint density at radius 2 is 2.39 bits per heavy atom. The number of nitrogens with zero attached hydrogens (tertiary/aromatic N) is 3. The van der Waals surface area contributed by atoms with Crippen molar-refractivity contribution in [2.75, 3.05) is 31.2 Å². The number of aromatic nitrogens is 2. The lowest BCUT2D eigenvalue weighted by Gasteiger charge is -2.24. The maximum absolute atomic E-state index is 5.80. The van der Waals surface area contributed by atoms with E-state index in [0.717, 1.165) is 44.2 Å². The van der Waals surface area contributed by atoms with Crippen molar-refractivity contribution in [3.63, 3.8) is 0 Å². The summed E-state index contributed by atoms with van der Waals surface area (Å²) in [7, 11) is 0. The van der Waals surface area contributed by atoms with E-state index in [-0.39, 0.29) is 0 Å². The first-order chi connectivity index (χ1) is 8.88. The Bertz CT molecular complexity index is 406. The highest BCUT2D eigenvalue weighted by Gasteiger charge is 2.26. The smallest absolute Gasteiger partial charge is 0.225 e. The van der Waals surface area contributed by atoms with Crippen LogP contribution in [-0.2, 0) is 4.74 Å². The average molecular weight is 248 g/mol. The summed E-state index contributed by atoms with van der Waals surface area (Å²) in [4.78, 5) is 11.4. The fourth-order valence-corrected chi connectivity index (χ4v) is 2.84. The van der Waals surface area contributed by atoms with Crippen LogP contribution in [0.1, 0.15) is 30.9 Å². The molecule has 2 aliphatic heterocycles. The molecule has 0 amide bonds. The van der Waals surface area contributed by atoms with E-state index >= 15 is 0 Å². The number of hydrogen-bond acceptors (Lipinski definition) is 5. The van der Waals surface area contributed by atoms with Crippen molar-refractivity contribution >= 4 is 5.95 Å². The number of nitrogens with two attached hydrogens (primary N) is 1. The summed E-state index contributed by atoms with van der Waals surface area (Å²) in [5.41, 5.74) is 6.92. The van der Waals surface area contributed by atoms with Crippen LogP contribution in [0, 0.1) is 0 Å². The van der Waals surface area contributed by atoms with Crippen LogP contribution in [-0.4, -0.2) is 42.3 Å². The zero-order valence-corrected chi connectivity index (χ0v) is 10.6. The summed E-state index contributed by atoms with van der Waals surface area (Å²) in [5.74, 6) is 1.28. The molecule has 0 bridgehead atoms. The molecular formula is C13H20N4O. The zero-order chi connectivity index (χ0) is 12.4. The van der Waals surface area contributed by atoms with Crippen LogP contribution < -0.4 is 10.6 Å². The predicted molar refractivity (Wildman–Crippen MR) is 69.6 cm³/mol. The second-order valence-electron chi connectivity index (χ2n) is 5.07. The first-order valence-corrected chi connectivity index (χ1v) is 6.76. The Hall–Kier alpha value is -1.20. The van der Waals surface area contributed by atoms with Crippen LogP contribution in [0.15, 0.2) is 12.3 Å². The summed E-state index contributed by atoms with van der Waals surface area (Å²) >= 11 is 0. The van der Waals surface area contributed by atoms with Gasteiger partial charge in [-0.3, -0.25) is 0 Å². The summed E-state index contributed by atoms with van der Waals surface area (Å²) in [6.45, 7) is 3.34. The highest BCUT2D eigenvalue weighted by molar-refractivity contribution is 5.34. The molecule has 0 spiro atoms. The summed E-state index contributed by atoms with van der Waals surface area (Å²) < 4.78 is 5.43. The minimum Gasteiger partial charge on any atom is -0.381 e. The fraction of sp³-hybridized carbons (Fsp3) is 0.692. The molecule has 2 saturated heterocycles. The molecule has 0 saturated carbocycles. The third kappa shape index (κ3) is 2.20. The van der Waals surface area contributed by atoms with Gasteiger partial charge in [-0.2, -0.15) is 0 Å². The molecular weight excluding hydrogens is 228 g/mol. The van der Waals surface area contributed by atoms with Crippen LogP contribution in [0.2, 0.25) is 0 Å². The quantitative estimate of drug-likeness (QED) is 0.861. The minimum absolute atomic E-state index is 0.403. The minimum atomic E-state index is 0.403.